The maximum absolute atomic E-state index is 12.8. The van der Waals surface area contributed by atoms with Crippen molar-refractivity contribution in [1.29, 1.82) is 0 Å². The number of rotatable bonds is 10. The van der Waals surface area contributed by atoms with Gasteiger partial charge in [-0.1, -0.05) is 22.7 Å². The molecule has 46 heavy (non-hydrogen) atoms. The number of nitrogens with zero attached hydrogens (tertiary/aromatic N) is 4. The lowest BCUT2D eigenvalue weighted by Crippen LogP contribution is -2.33. The quantitative estimate of drug-likeness (QED) is 0.161. The van der Waals surface area contributed by atoms with Gasteiger partial charge in [0.15, 0.2) is 10.3 Å². The minimum Gasteiger partial charge on any atom is -0.308 e. The highest BCUT2D eigenvalue weighted by Gasteiger charge is 2.26. The third kappa shape index (κ3) is 10.1. The zero-order valence-electron chi connectivity index (χ0n) is 25.4. The van der Waals surface area contributed by atoms with E-state index in [9.17, 15) is 26.4 Å². The molecule has 0 aromatic carbocycles. The van der Waals surface area contributed by atoms with Crippen LogP contribution < -0.4 is 10.6 Å². The molecule has 0 saturated carbocycles. The van der Waals surface area contributed by atoms with Crippen LogP contribution in [0, 0.1) is 13.8 Å². The van der Waals surface area contributed by atoms with Gasteiger partial charge in [-0.15, -0.1) is 22.7 Å². The summed E-state index contributed by atoms with van der Waals surface area (Å²) in [5, 5.41) is 6.23. The Morgan fingerprint density at radius 1 is 0.783 bits per heavy atom. The molecule has 4 aromatic rings. The Bertz CT molecular complexity index is 1970. The van der Waals surface area contributed by atoms with Gasteiger partial charge in [0.1, 0.15) is 8.42 Å². The summed E-state index contributed by atoms with van der Waals surface area (Å²) in [7, 11) is 3.40. The number of thiazole rings is 2. The van der Waals surface area contributed by atoms with E-state index in [0.717, 1.165) is 36.1 Å². The summed E-state index contributed by atoms with van der Waals surface area (Å²) in [4.78, 5) is 34.3. The second-order valence-electron chi connectivity index (χ2n) is 9.80. The molecule has 0 radical (unpaired) electrons. The van der Waals surface area contributed by atoms with Crippen molar-refractivity contribution in [3.8, 4) is 20.9 Å². The number of anilines is 2. The lowest BCUT2D eigenvalue weighted by molar-refractivity contribution is -0.115. The first-order valence-electron chi connectivity index (χ1n) is 12.9. The minimum absolute atomic E-state index is 0.0647. The van der Waals surface area contributed by atoms with Crippen LogP contribution in [0.15, 0.2) is 28.1 Å². The molecule has 12 nitrogen and oxygen atoms in total. The molecule has 4 heterocycles. The molecule has 252 valence electrons. The number of likely N-dealkylation sites (N-methyl/N-ethyl adjacent to an activating group) is 2. The fourth-order valence-electron chi connectivity index (χ4n) is 3.57. The van der Waals surface area contributed by atoms with Gasteiger partial charge in [0.05, 0.1) is 28.7 Å². The maximum Gasteiger partial charge on any atom is 0.270 e. The van der Waals surface area contributed by atoms with E-state index in [1.165, 1.54) is 58.2 Å². The van der Waals surface area contributed by atoms with Crippen LogP contribution in [0.4, 0.5) is 10.3 Å². The van der Waals surface area contributed by atoms with Gasteiger partial charge in [-0.05, 0) is 71.9 Å². The summed E-state index contributed by atoms with van der Waals surface area (Å²) in [5.41, 5.74) is 2.90. The van der Waals surface area contributed by atoms with Crippen molar-refractivity contribution < 1.29 is 26.4 Å². The Kier molecular flexibility index (Phi) is 13.5. The number of halogens is 3. The van der Waals surface area contributed by atoms with Crippen molar-refractivity contribution >= 4 is 129 Å². The number of hydrogen-bond acceptors (Lipinski definition) is 13. The largest absolute Gasteiger partial charge is 0.308 e. The Hall–Kier alpha value is -1.33. The standard InChI is InChI=1S/C15H21BrN4O3S3.C10H8BrClN2O3S3/c1-9-13(25-15(17-9)18-10(2)21)11-8-12(24-14(11)16)26(22,23)20(5)7-6-19(3)4;1-4-8(19-10(13-4)14-5(2)15)6-3-7(18-9(6)11)20(12,16)17/h8H,6-7H2,1-5H3,(H,17,18,21);3H,1-2H3,(H,13,14,15). The Morgan fingerprint density at radius 2 is 1.20 bits per heavy atom. The number of carbonyl (C=O) groups excluding carboxylic acids is 2. The van der Waals surface area contributed by atoms with E-state index in [1.807, 2.05) is 25.9 Å². The first kappa shape index (κ1) is 39.1. The van der Waals surface area contributed by atoms with E-state index < -0.39 is 19.1 Å². The molecule has 0 fully saturated rings. The van der Waals surface area contributed by atoms with Gasteiger partial charge in [-0.2, -0.15) is 4.31 Å². The molecule has 0 spiro atoms. The molecule has 2 N–H and O–H groups in total. The predicted molar refractivity (Wildman–Crippen MR) is 196 cm³/mol. The fraction of sp³-hybridized carbons (Fsp3) is 0.360. The molecule has 4 rings (SSSR count). The molecule has 2 amide bonds. The average molecular weight is 897 g/mol. The van der Waals surface area contributed by atoms with E-state index in [4.69, 9.17) is 10.7 Å². The second kappa shape index (κ2) is 15.9. The smallest absolute Gasteiger partial charge is 0.270 e. The molecule has 0 aliphatic rings. The van der Waals surface area contributed by atoms with Crippen molar-refractivity contribution in [3.05, 3.63) is 31.1 Å². The molecule has 0 bridgehead atoms. The molecule has 0 unspecified atom stereocenters. The lowest BCUT2D eigenvalue weighted by Gasteiger charge is -2.18. The summed E-state index contributed by atoms with van der Waals surface area (Å²) in [6.07, 6.45) is 0. The topological polar surface area (TPSA) is 159 Å². The van der Waals surface area contributed by atoms with Gasteiger partial charge >= 0.3 is 0 Å². The van der Waals surface area contributed by atoms with Crippen LogP contribution >= 0.6 is 87.9 Å². The van der Waals surface area contributed by atoms with Crippen LogP contribution in [0.1, 0.15) is 25.2 Å². The number of sulfonamides is 1. The lowest BCUT2D eigenvalue weighted by atomic mass is 10.2. The van der Waals surface area contributed by atoms with Crippen LogP contribution in [0.3, 0.4) is 0 Å². The van der Waals surface area contributed by atoms with Crippen LogP contribution in [0.2, 0.25) is 0 Å². The summed E-state index contributed by atoms with van der Waals surface area (Å²) in [6, 6.07) is 3.16. The van der Waals surface area contributed by atoms with E-state index >= 15 is 0 Å². The van der Waals surface area contributed by atoms with Crippen LogP contribution in [-0.4, -0.2) is 82.1 Å². The van der Waals surface area contributed by atoms with Crippen molar-refractivity contribution in [2.75, 3.05) is 44.9 Å². The maximum atomic E-state index is 12.8. The number of amides is 2. The Balaban J connectivity index is 0.000000259. The Morgan fingerprint density at radius 3 is 1.57 bits per heavy atom. The highest BCUT2D eigenvalue weighted by atomic mass is 79.9. The molecular formula is C25H29Br2ClN6O6S6. The first-order valence-corrected chi connectivity index (χ1v) is 21.5. The molecular weight excluding hydrogens is 868 g/mol. The van der Waals surface area contributed by atoms with Gasteiger partial charge in [-0.25, -0.2) is 26.8 Å². The average Bonchev–Trinajstić information content (AvgIpc) is 3.67. The second-order valence-corrected chi connectivity index (χ2v) is 21.6. The highest BCUT2D eigenvalue weighted by molar-refractivity contribution is 9.11. The van der Waals surface area contributed by atoms with E-state index in [2.05, 4.69) is 52.5 Å². The number of aromatic nitrogens is 2. The van der Waals surface area contributed by atoms with Crippen LogP contribution in [0.5, 0.6) is 0 Å². The number of nitrogens with one attached hydrogen (secondary N) is 2. The number of aryl methyl sites for hydroxylation is 2. The third-order valence-electron chi connectivity index (χ3n) is 5.74. The molecule has 21 heteroatoms. The summed E-state index contributed by atoms with van der Waals surface area (Å²) < 4.78 is 51.4. The zero-order valence-corrected chi connectivity index (χ0v) is 34.2. The Labute approximate surface area is 304 Å². The third-order valence-corrected chi connectivity index (χ3v) is 16.0. The van der Waals surface area contributed by atoms with Crippen LogP contribution in [0.25, 0.3) is 20.9 Å². The normalized spacial score (nSPS) is 11.9. The highest BCUT2D eigenvalue weighted by Crippen LogP contribution is 2.44. The monoisotopic (exact) mass is 894 g/mol. The SMILES string of the molecule is CC(=O)Nc1nc(C)c(-c2cc(S(=O)(=O)Cl)sc2Br)s1.CC(=O)Nc1nc(C)c(-c2cc(S(=O)(=O)N(C)CCN(C)C)sc2Br)s1. The van der Waals surface area contributed by atoms with Gasteiger partial charge in [0.2, 0.25) is 11.8 Å². The molecule has 0 aliphatic heterocycles. The first-order chi connectivity index (χ1) is 21.2. The summed E-state index contributed by atoms with van der Waals surface area (Å²) in [6.45, 7) is 7.49. The molecule has 0 atom stereocenters. The van der Waals surface area contributed by atoms with Gasteiger partial charge in [0.25, 0.3) is 19.1 Å². The van der Waals surface area contributed by atoms with Gasteiger partial charge < -0.3 is 15.5 Å². The van der Waals surface area contributed by atoms with Crippen molar-refractivity contribution in [2.45, 2.75) is 36.1 Å². The molecule has 4 aromatic heterocycles. The minimum atomic E-state index is -3.76. The molecule has 0 saturated heterocycles. The summed E-state index contributed by atoms with van der Waals surface area (Å²) in [5.74, 6) is -0.404. The van der Waals surface area contributed by atoms with Gasteiger partial charge in [0, 0.05) is 55.8 Å². The molecule has 0 aliphatic carbocycles. The van der Waals surface area contributed by atoms with E-state index in [0.29, 0.717) is 38.4 Å². The fourth-order valence-corrected chi connectivity index (χ4v) is 12.9. The number of carbonyl (C=O) groups is 2. The number of hydrogen-bond donors (Lipinski definition) is 2. The van der Waals surface area contributed by atoms with Crippen LogP contribution in [-0.2, 0) is 28.7 Å². The summed E-state index contributed by atoms with van der Waals surface area (Å²) >= 11 is 11.6. The number of thiophene rings is 2. The van der Waals surface area contributed by atoms with Crippen molar-refractivity contribution in [1.82, 2.24) is 19.2 Å². The predicted octanol–water partition coefficient (Wildman–Crippen LogP) is 6.91. The zero-order chi connectivity index (χ0) is 34.7. The van der Waals surface area contributed by atoms with Crippen molar-refractivity contribution in [3.63, 3.8) is 0 Å². The van der Waals surface area contributed by atoms with E-state index in [1.54, 1.807) is 20.0 Å². The van der Waals surface area contributed by atoms with Gasteiger partial charge in [-0.3, -0.25) is 9.59 Å². The van der Waals surface area contributed by atoms with Crippen molar-refractivity contribution in [2.24, 2.45) is 0 Å². The van der Waals surface area contributed by atoms with E-state index in [-0.39, 0.29) is 20.2 Å².